The quantitative estimate of drug-likeness (QED) is 0.300. The van der Waals surface area contributed by atoms with Gasteiger partial charge in [-0.2, -0.15) is 0 Å². The molecule has 0 spiro atoms. The molecule has 0 amide bonds. The van der Waals surface area contributed by atoms with Gasteiger partial charge in [0.15, 0.2) is 0 Å². The minimum atomic E-state index is 0.242. The van der Waals surface area contributed by atoms with Crippen molar-refractivity contribution in [1.82, 2.24) is 9.97 Å². The third kappa shape index (κ3) is 5.63. The molecule has 5 aromatic rings. The molecule has 0 unspecified atom stereocenters. The van der Waals surface area contributed by atoms with Gasteiger partial charge in [-0.1, -0.05) is 53.5 Å². The van der Waals surface area contributed by atoms with Crippen LogP contribution in [-0.2, 0) is 6.61 Å². The Kier molecular flexibility index (Phi) is 6.51. The van der Waals surface area contributed by atoms with Crippen molar-refractivity contribution in [1.29, 1.82) is 0 Å². The highest BCUT2D eigenvalue weighted by atomic mass is 35.5. The van der Waals surface area contributed by atoms with Gasteiger partial charge in [0.25, 0.3) is 0 Å². The van der Waals surface area contributed by atoms with E-state index in [0.717, 1.165) is 33.1 Å². The highest BCUT2D eigenvalue weighted by Crippen LogP contribution is 2.22. The number of ether oxygens (including phenoxy) is 1. The normalized spacial score (nSPS) is 10.5. The van der Waals surface area contributed by atoms with Crippen LogP contribution in [0.4, 0.5) is 0 Å². The molecule has 0 saturated carbocycles. The SMILES string of the molecule is Clc1ccc2cc(OCc3ccccc3)ccc2n1.Oc1ccc2nc(Cl)ccc2c1. The van der Waals surface area contributed by atoms with Gasteiger partial charge in [-0.25, -0.2) is 9.97 Å². The van der Waals surface area contributed by atoms with Crippen LogP contribution >= 0.6 is 23.2 Å². The van der Waals surface area contributed by atoms with E-state index in [1.165, 1.54) is 0 Å². The smallest absolute Gasteiger partial charge is 0.129 e. The van der Waals surface area contributed by atoms with E-state index in [0.29, 0.717) is 16.9 Å². The maximum absolute atomic E-state index is 9.14. The van der Waals surface area contributed by atoms with Crippen molar-refractivity contribution in [3.8, 4) is 11.5 Å². The summed E-state index contributed by atoms with van der Waals surface area (Å²) in [5, 5.41) is 12.0. The second-order valence-corrected chi connectivity index (χ2v) is 7.55. The molecule has 2 aromatic heterocycles. The van der Waals surface area contributed by atoms with Crippen LogP contribution in [0.15, 0.2) is 91.0 Å². The van der Waals surface area contributed by atoms with Gasteiger partial charge in [0, 0.05) is 10.8 Å². The molecule has 4 nitrogen and oxygen atoms in total. The number of hydrogen-bond acceptors (Lipinski definition) is 4. The highest BCUT2D eigenvalue weighted by Gasteiger charge is 2.00. The topological polar surface area (TPSA) is 55.2 Å². The number of nitrogens with zero attached hydrogens (tertiary/aromatic N) is 2. The number of halogens is 2. The minimum Gasteiger partial charge on any atom is -0.508 e. The second kappa shape index (κ2) is 9.65. The summed E-state index contributed by atoms with van der Waals surface area (Å²) < 4.78 is 5.77. The van der Waals surface area contributed by atoms with Crippen molar-refractivity contribution in [2.45, 2.75) is 6.61 Å². The Bertz CT molecular complexity index is 1290. The largest absolute Gasteiger partial charge is 0.508 e. The lowest BCUT2D eigenvalue weighted by atomic mass is 10.2. The van der Waals surface area contributed by atoms with Gasteiger partial charge < -0.3 is 9.84 Å². The Morgan fingerprint density at radius 1 is 0.677 bits per heavy atom. The van der Waals surface area contributed by atoms with Gasteiger partial charge >= 0.3 is 0 Å². The molecule has 2 heterocycles. The van der Waals surface area contributed by atoms with Crippen LogP contribution in [-0.4, -0.2) is 15.1 Å². The van der Waals surface area contributed by atoms with Gasteiger partial charge in [0.05, 0.1) is 11.0 Å². The van der Waals surface area contributed by atoms with Crippen LogP contribution in [0.5, 0.6) is 11.5 Å². The van der Waals surface area contributed by atoms with Crippen LogP contribution in [0.1, 0.15) is 5.56 Å². The monoisotopic (exact) mass is 448 g/mol. The molecule has 0 atom stereocenters. The van der Waals surface area contributed by atoms with Gasteiger partial charge in [-0.15, -0.1) is 0 Å². The summed E-state index contributed by atoms with van der Waals surface area (Å²) in [4.78, 5) is 8.32. The van der Waals surface area contributed by atoms with E-state index < -0.39 is 0 Å². The number of phenolic OH excluding ortho intramolecular Hbond substituents is 1. The number of pyridine rings is 2. The second-order valence-electron chi connectivity index (χ2n) is 6.77. The number of aromatic nitrogens is 2. The van der Waals surface area contributed by atoms with E-state index in [1.54, 1.807) is 30.3 Å². The van der Waals surface area contributed by atoms with Crippen LogP contribution in [0, 0.1) is 0 Å². The zero-order valence-electron chi connectivity index (χ0n) is 16.4. The fourth-order valence-corrected chi connectivity index (χ4v) is 3.31. The lowest BCUT2D eigenvalue weighted by Crippen LogP contribution is -1.94. The van der Waals surface area contributed by atoms with Gasteiger partial charge in [0.1, 0.15) is 28.4 Å². The number of benzene rings is 3. The molecule has 0 radical (unpaired) electrons. The number of aromatic hydroxyl groups is 1. The van der Waals surface area contributed by atoms with Crippen LogP contribution in [0.3, 0.4) is 0 Å². The van der Waals surface area contributed by atoms with Crippen molar-refractivity contribution >= 4 is 45.0 Å². The lowest BCUT2D eigenvalue weighted by Gasteiger charge is -2.07. The molecular weight excluding hydrogens is 431 g/mol. The molecule has 5 rings (SSSR count). The zero-order chi connectivity index (χ0) is 21.6. The Morgan fingerprint density at radius 3 is 1.97 bits per heavy atom. The molecule has 0 fully saturated rings. The Labute approximate surface area is 189 Å². The van der Waals surface area contributed by atoms with Gasteiger partial charge in [-0.05, 0) is 66.2 Å². The highest BCUT2D eigenvalue weighted by molar-refractivity contribution is 6.30. The average molecular weight is 449 g/mol. The average Bonchev–Trinajstić information content (AvgIpc) is 2.79. The summed E-state index contributed by atoms with van der Waals surface area (Å²) in [5.74, 6) is 1.08. The lowest BCUT2D eigenvalue weighted by molar-refractivity contribution is 0.306. The molecule has 3 aromatic carbocycles. The van der Waals surface area contributed by atoms with Crippen LogP contribution in [0.25, 0.3) is 21.8 Å². The van der Waals surface area contributed by atoms with Crippen molar-refractivity contribution in [3.63, 3.8) is 0 Å². The summed E-state index contributed by atoms with van der Waals surface area (Å²) >= 11 is 11.5. The molecule has 6 heteroatoms. The van der Waals surface area contributed by atoms with Crippen molar-refractivity contribution in [2.24, 2.45) is 0 Å². The summed E-state index contributed by atoms with van der Waals surface area (Å²) in [5.41, 5.74) is 2.82. The predicted octanol–water partition coefficient (Wildman–Crippen LogP) is 7.06. The van der Waals surface area contributed by atoms with Crippen LogP contribution < -0.4 is 4.74 Å². The molecule has 1 N–H and O–H groups in total. The number of hydrogen-bond donors (Lipinski definition) is 1. The molecule has 0 bridgehead atoms. The fraction of sp³-hybridized carbons (Fsp3) is 0.0400. The molecule has 0 aliphatic heterocycles. The maximum Gasteiger partial charge on any atom is 0.129 e. The van der Waals surface area contributed by atoms with E-state index in [2.05, 4.69) is 9.97 Å². The summed E-state index contributed by atoms with van der Waals surface area (Å²) in [6.45, 7) is 0.563. The summed E-state index contributed by atoms with van der Waals surface area (Å²) in [7, 11) is 0. The molecule has 0 aliphatic rings. The van der Waals surface area contributed by atoms with E-state index in [-0.39, 0.29) is 5.75 Å². The molecule has 154 valence electrons. The van der Waals surface area contributed by atoms with Gasteiger partial charge in [0.2, 0.25) is 0 Å². The van der Waals surface area contributed by atoms with E-state index in [4.69, 9.17) is 33.0 Å². The number of fused-ring (bicyclic) bond motifs is 2. The standard InChI is InChI=1S/C16H12ClNO.C9H6ClNO/c17-16-9-6-13-10-14(7-8-15(13)18-16)19-11-12-4-2-1-3-5-12;10-9-4-1-6-5-7(12)2-3-8(6)11-9/h1-10H,11H2;1-5,12H. The fourth-order valence-electron chi connectivity index (χ4n) is 3.00. The number of rotatable bonds is 3. The van der Waals surface area contributed by atoms with E-state index in [9.17, 15) is 0 Å². The molecular formula is C25H18Cl2N2O2. The first kappa shape index (κ1) is 20.9. The van der Waals surface area contributed by atoms with Crippen molar-refractivity contribution in [3.05, 3.63) is 107 Å². The third-order valence-corrected chi connectivity index (χ3v) is 4.93. The Hall–Kier alpha value is -3.34. The first-order valence-electron chi connectivity index (χ1n) is 9.55. The minimum absolute atomic E-state index is 0.242. The van der Waals surface area contributed by atoms with E-state index in [1.807, 2.05) is 60.7 Å². The van der Waals surface area contributed by atoms with E-state index >= 15 is 0 Å². The molecule has 0 saturated heterocycles. The summed E-state index contributed by atoms with van der Waals surface area (Å²) in [6.07, 6.45) is 0. The van der Waals surface area contributed by atoms with Crippen LogP contribution in [0.2, 0.25) is 10.3 Å². The van der Waals surface area contributed by atoms with Crippen molar-refractivity contribution < 1.29 is 9.84 Å². The Morgan fingerprint density at radius 2 is 1.29 bits per heavy atom. The summed E-state index contributed by atoms with van der Waals surface area (Å²) in [6, 6.07) is 28.1. The molecule has 0 aliphatic carbocycles. The third-order valence-electron chi connectivity index (χ3n) is 4.51. The Balaban J connectivity index is 0.000000166. The first-order valence-corrected chi connectivity index (χ1v) is 10.3. The molecule has 31 heavy (non-hydrogen) atoms. The zero-order valence-corrected chi connectivity index (χ0v) is 17.9. The first-order chi connectivity index (χ1) is 15.1. The predicted molar refractivity (Wildman–Crippen MR) is 126 cm³/mol. The number of phenols is 1. The van der Waals surface area contributed by atoms with Gasteiger partial charge in [-0.3, -0.25) is 0 Å². The van der Waals surface area contributed by atoms with Crippen molar-refractivity contribution in [2.75, 3.05) is 0 Å². The maximum atomic E-state index is 9.14.